The highest BCUT2D eigenvalue weighted by Gasteiger charge is 2.23. The van der Waals surface area contributed by atoms with Crippen molar-refractivity contribution in [2.75, 3.05) is 13.1 Å². The number of carboxylic acids is 1. The largest absolute Gasteiger partial charge is 0.481 e. The lowest BCUT2D eigenvalue weighted by atomic mass is 10.1. The third kappa shape index (κ3) is 3.27. The average Bonchev–Trinajstić information content (AvgIpc) is 2.71. The average molecular weight is 241 g/mol. The van der Waals surface area contributed by atoms with Crippen molar-refractivity contribution >= 4 is 11.9 Å². The fourth-order valence-corrected chi connectivity index (χ4v) is 1.29. The highest BCUT2D eigenvalue weighted by Crippen LogP contribution is 2.05. The van der Waals surface area contributed by atoms with Crippen molar-refractivity contribution in [2.24, 2.45) is 5.92 Å². The zero-order valence-corrected chi connectivity index (χ0v) is 10.0. The Bertz CT molecular complexity index is 415. The van der Waals surface area contributed by atoms with Crippen LogP contribution in [0.3, 0.4) is 0 Å². The van der Waals surface area contributed by atoms with Gasteiger partial charge in [0.15, 0.2) is 0 Å². The maximum absolute atomic E-state index is 11.9. The first-order chi connectivity index (χ1) is 7.95. The summed E-state index contributed by atoms with van der Waals surface area (Å²) in [5.41, 5.74) is 0. The first kappa shape index (κ1) is 13.1. The Kier molecular flexibility index (Phi) is 4.19. The molecule has 1 amide bonds. The summed E-state index contributed by atoms with van der Waals surface area (Å²) in [6.45, 7) is 5.40. The molecule has 1 rings (SSSR count). The van der Waals surface area contributed by atoms with Crippen LogP contribution in [0, 0.1) is 12.8 Å². The van der Waals surface area contributed by atoms with E-state index in [2.05, 4.69) is 10.1 Å². The van der Waals surface area contributed by atoms with E-state index in [1.54, 1.807) is 20.8 Å². The molecule has 1 atom stereocenters. The van der Waals surface area contributed by atoms with Crippen LogP contribution in [-0.2, 0) is 4.79 Å². The normalized spacial score (nSPS) is 12.2. The van der Waals surface area contributed by atoms with Crippen LogP contribution in [-0.4, -0.2) is 45.1 Å². The van der Waals surface area contributed by atoms with Crippen molar-refractivity contribution in [1.82, 2.24) is 15.0 Å². The molecular formula is C10H15N3O4. The molecule has 0 spiro atoms. The number of hydrogen-bond donors (Lipinski definition) is 1. The van der Waals surface area contributed by atoms with Gasteiger partial charge in [-0.15, -0.1) is 0 Å². The van der Waals surface area contributed by atoms with E-state index in [1.165, 1.54) is 4.90 Å². The van der Waals surface area contributed by atoms with Gasteiger partial charge in [-0.1, -0.05) is 12.1 Å². The quantitative estimate of drug-likeness (QED) is 0.809. The Morgan fingerprint density at radius 3 is 2.59 bits per heavy atom. The minimum absolute atomic E-state index is 0.0399. The molecule has 17 heavy (non-hydrogen) atoms. The van der Waals surface area contributed by atoms with Gasteiger partial charge in [0.2, 0.25) is 5.89 Å². The number of hydrogen-bond acceptors (Lipinski definition) is 5. The van der Waals surface area contributed by atoms with Gasteiger partial charge in [-0.2, -0.15) is 4.98 Å². The minimum Gasteiger partial charge on any atom is -0.481 e. The summed E-state index contributed by atoms with van der Waals surface area (Å²) in [6, 6.07) is 0. The maximum atomic E-state index is 11.9. The number of carbonyl (C=O) groups excluding carboxylic acids is 1. The second kappa shape index (κ2) is 5.42. The lowest BCUT2D eigenvalue weighted by Crippen LogP contribution is -2.37. The first-order valence-corrected chi connectivity index (χ1v) is 5.28. The van der Waals surface area contributed by atoms with Crippen LogP contribution in [0.15, 0.2) is 4.52 Å². The maximum Gasteiger partial charge on any atom is 0.308 e. The molecule has 0 saturated carbocycles. The summed E-state index contributed by atoms with van der Waals surface area (Å²) in [4.78, 5) is 27.8. The summed E-state index contributed by atoms with van der Waals surface area (Å²) < 4.78 is 4.71. The molecular weight excluding hydrogens is 226 g/mol. The van der Waals surface area contributed by atoms with Gasteiger partial charge in [0.1, 0.15) is 0 Å². The van der Waals surface area contributed by atoms with E-state index < -0.39 is 17.8 Å². The number of aryl methyl sites for hydroxylation is 1. The fourth-order valence-electron chi connectivity index (χ4n) is 1.29. The van der Waals surface area contributed by atoms with Crippen LogP contribution in [0.4, 0.5) is 0 Å². The summed E-state index contributed by atoms with van der Waals surface area (Å²) >= 11 is 0. The first-order valence-electron chi connectivity index (χ1n) is 5.28. The molecule has 0 aliphatic carbocycles. The number of aromatic nitrogens is 2. The standard InChI is InChI=1S/C10H15N3O4/c1-4-13(5-6(2)10(15)16)9(14)8-11-7(3)17-12-8/h6H,4-5H2,1-3H3,(H,15,16). The molecule has 0 fully saturated rings. The number of aliphatic carboxylic acids is 1. The second-order valence-electron chi connectivity index (χ2n) is 3.72. The zero-order valence-electron chi connectivity index (χ0n) is 10.0. The second-order valence-corrected chi connectivity index (χ2v) is 3.72. The van der Waals surface area contributed by atoms with Crippen molar-refractivity contribution in [3.63, 3.8) is 0 Å². The molecule has 0 radical (unpaired) electrons. The summed E-state index contributed by atoms with van der Waals surface area (Å²) in [6.07, 6.45) is 0. The van der Waals surface area contributed by atoms with Gasteiger partial charge in [-0.3, -0.25) is 9.59 Å². The van der Waals surface area contributed by atoms with Crippen LogP contribution < -0.4 is 0 Å². The molecule has 1 aromatic rings. The van der Waals surface area contributed by atoms with E-state index in [0.29, 0.717) is 12.4 Å². The van der Waals surface area contributed by atoms with E-state index in [1.807, 2.05) is 0 Å². The third-order valence-electron chi connectivity index (χ3n) is 2.30. The zero-order chi connectivity index (χ0) is 13.0. The molecule has 1 aromatic heterocycles. The van der Waals surface area contributed by atoms with Crippen molar-refractivity contribution in [3.8, 4) is 0 Å². The van der Waals surface area contributed by atoms with Gasteiger partial charge < -0.3 is 14.5 Å². The molecule has 0 saturated heterocycles. The van der Waals surface area contributed by atoms with Crippen molar-refractivity contribution in [2.45, 2.75) is 20.8 Å². The molecule has 7 heteroatoms. The predicted molar refractivity (Wildman–Crippen MR) is 57.4 cm³/mol. The number of rotatable bonds is 5. The molecule has 0 aromatic carbocycles. The highest BCUT2D eigenvalue weighted by atomic mass is 16.5. The highest BCUT2D eigenvalue weighted by molar-refractivity contribution is 5.90. The molecule has 1 heterocycles. The number of carboxylic acid groups (broad SMARTS) is 1. The molecule has 7 nitrogen and oxygen atoms in total. The lowest BCUT2D eigenvalue weighted by Gasteiger charge is -2.21. The number of carbonyl (C=O) groups is 2. The molecule has 1 N–H and O–H groups in total. The van der Waals surface area contributed by atoms with Crippen LogP contribution in [0.25, 0.3) is 0 Å². The number of amides is 1. The Balaban J connectivity index is 2.74. The van der Waals surface area contributed by atoms with E-state index in [4.69, 9.17) is 9.63 Å². The van der Waals surface area contributed by atoms with Crippen molar-refractivity contribution in [1.29, 1.82) is 0 Å². The smallest absolute Gasteiger partial charge is 0.308 e. The Morgan fingerprint density at radius 2 is 2.18 bits per heavy atom. The Morgan fingerprint density at radius 1 is 1.53 bits per heavy atom. The monoisotopic (exact) mass is 241 g/mol. The van der Waals surface area contributed by atoms with Gasteiger partial charge in [-0.05, 0) is 6.92 Å². The summed E-state index contributed by atoms with van der Waals surface area (Å²) in [7, 11) is 0. The SMILES string of the molecule is CCN(CC(C)C(=O)O)C(=O)c1noc(C)n1. The van der Waals surface area contributed by atoms with Crippen LogP contribution in [0.2, 0.25) is 0 Å². The Labute approximate surface area is 98.4 Å². The van der Waals surface area contributed by atoms with Crippen molar-refractivity contribution in [3.05, 3.63) is 11.7 Å². The predicted octanol–water partition coefficient (Wildman–Crippen LogP) is 0.561. The molecule has 0 bridgehead atoms. The number of nitrogens with zero attached hydrogens (tertiary/aromatic N) is 3. The van der Waals surface area contributed by atoms with Crippen molar-refractivity contribution < 1.29 is 19.2 Å². The Hall–Kier alpha value is -1.92. The van der Waals surface area contributed by atoms with Gasteiger partial charge in [0.25, 0.3) is 11.7 Å². The van der Waals surface area contributed by atoms with E-state index in [-0.39, 0.29) is 12.4 Å². The van der Waals surface area contributed by atoms with E-state index in [9.17, 15) is 9.59 Å². The van der Waals surface area contributed by atoms with Crippen LogP contribution >= 0.6 is 0 Å². The van der Waals surface area contributed by atoms with E-state index in [0.717, 1.165) is 0 Å². The molecule has 1 unspecified atom stereocenters. The summed E-state index contributed by atoms with van der Waals surface area (Å²) in [5.74, 6) is -1.73. The topological polar surface area (TPSA) is 96.5 Å². The van der Waals surface area contributed by atoms with Gasteiger partial charge in [0.05, 0.1) is 5.92 Å². The third-order valence-corrected chi connectivity index (χ3v) is 2.30. The summed E-state index contributed by atoms with van der Waals surface area (Å²) in [5, 5.41) is 12.3. The fraction of sp³-hybridized carbons (Fsp3) is 0.600. The van der Waals surface area contributed by atoms with Gasteiger partial charge >= 0.3 is 5.97 Å². The molecule has 0 aliphatic heterocycles. The van der Waals surface area contributed by atoms with Gasteiger partial charge in [0, 0.05) is 20.0 Å². The molecule has 0 aliphatic rings. The lowest BCUT2D eigenvalue weighted by molar-refractivity contribution is -0.141. The van der Waals surface area contributed by atoms with Gasteiger partial charge in [-0.25, -0.2) is 0 Å². The van der Waals surface area contributed by atoms with Crippen LogP contribution in [0.1, 0.15) is 30.4 Å². The minimum atomic E-state index is -0.944. The van der Waals surface area contributed by atoms with E-state index >= 15 is 0 Å². The van der Waals surface area contributed by atoms with Crippen LogP contribution in [0.5, 0.6) is 0 Å². The molecule has 94 valence electrons.